The van der Waals surface area contributed by atoms with E-state index < -0.39 is 50.2 Å². The third-order valence-electron chi connectivity index (χ3n) is 3.39. The second-order valence-corrected chi connectivity index (χ2v) is 6.94. The van der Waals surface area contributed by atoms with E-state index in [1.54, 1.807) is 0 Å². The summed E-state index contributed by atoms with van der Waals surface area (Å²) in [4.78, 5) is 31.9. The van der Waals surface area contributed by atoms with Gasteiger partial charge in [0.15, 0.2) is 0 Å². The van der Waals surface area contributed by atoms with Crippen LogP contribution in [0.15, 0.2) is 24.7 Å². The Morgan fingerprint density at radius 3 is 2.38 bits per heavy atom. The number of esters is 1. The summed E-state index contributed by atoms with van der Waals surface area (Å²) in [5, 5.41) is 0. The number of rotatable bonds is 13. The van der Waals surface area contributed by atoms with Gasteiger partial charge in [0.2, 0.25) is 5.60 Å². The lowest BCUT2D eigenvalue weighted by atomic mass is 9.99. The second kappa shape index (κ2) is 12.9. The van der Waals surface area contributed by atoms with Gasteiger partial charge in [0, 0.05) is 5.75 Å². The van der Waals surface area contributed by atoms with E-state index in [1.165, 1.54) is 0 Å². The fourth-order valence-corrected chi connectivity index (χ4v) is 2.24. The maximum Gasteiger partial charge on any atom is 0.379 e. The molecule has 8 nitrogen and oxygen atoms in total. The summed E-state index contributed by atoms with van der Waals surface area (Å²) in [7, 11) is 0. The van der Waals surface area contributed by atoms with Crippen LogP contribution in [0.4, 0.5) is 8.78 Å². The number of carbonyl (C=O) groups excluding carboxylic acids is 1. The monoisotopic (exact) mass is 478 g/mol. The van der Waals surface area contributed by atoms with E-state index in [-0.39, 0.29) is 35.2 Å². The predicted molar refractivity (Wildman–Crippen MR) is 108 cm³/mol. The van der Waals surface area contributed by atoms with Crippen LogP contribution in [0.5, 0.6) is 0 Å². The molecule has 1 rings (SSSR count). The Morgan fingerprint density at radius 2 is 1.76 bits per heavy atom. The van der Waals surface area contributed by atoms with Gasteiger partial charge in [-0.15, -0.1) is 0 Å². The molecule has 29 heavy (non-hydrogen) atoms. The minimum atomic E-state index is -3.67. The summed E-state index contributed by atoms with van der Waals surface area (Å²) in [6.07, 6.45) is -5.22. The number of thiol groups is 3. The van der Waals surface area contributed by atoms with Crippen LogP contribution in [-0.2, 0) is 38.6 Å². The molecule has 0 aromatic carbocycles. The van der Waals surface area contributed by atoms with Gasteiger partial charge in [-0.2, -0.15) is 56.4 Å². The number of alkyl halides is 2. The molecule has 1 heterocycles. The predicted octanol–water partition coefficient (Wildman–Crippen LogP) is 2.38. The maximum atomic E-state index is 14.0. The van der Waals surface area contributed by atoms with Crippen molar-refractivity contribution in [3.05, 3.63) is 24.7 Å². The summed E-state index contributed by atoms with van der Waals surface area (Å²) in [6.45, 7) is 4.40. The van der Waals surface area contributed by atoms with Crippen molar-refractivity contribution in [3.63, 3.8) is 0 Å². The fraction of sp³-hybridized carbons (Fsp3) is 0.688. The molecule has 0 saturated carbocycles. The maximum absolute atomic E-state index is 14.0. The van der Waals surface area contributed by atoms with Crippen LogP contribution in [0, 0.1) is 0 Å². The number of hydrogen-bond acceptors (Lipinski definition) is 11. The zero-order valence-electron chi connectivity index (χ0n) is 15.5. The highest BCUT2D eigenvalue weighted by Crippen LogP contribution is 2.32. The molecule has 0 aromatic heterocycles. The minimum Gasteiger partial charge on any atom is -0.462 e. The number of ether oxygens (including phenoxy) is 3. The Kier molecular flexibility index (Phi) is 11.7. The van der Waals surface area contributed by atoms with E-state index >= 15 is 0 Å². The molecule has 0 aromatic rings. The standard InChI is InChI=1S/C16H24F2O8S3/c1-11(6-28)24-22-5-13-15(26-25-12(2)7-29,9-21-14(19)3-4-27)8-20-10-16(17,18)23-13/h13,27-29H,1-10H2. The highest BCUT2D eigenvalue weighted by molar-refractivity contribution is 7.80. The summed E-state index contributed by atoms with van der Waals surface area (Å²) in [6, 6.07) is 0. The molecule has 0 radical (unpaired) electrons. The van der Waals surface area contributed by atoms with Crippen molar-refractivity contribution >= 4 is 43.9 Å². The topological polar surface area (TPSA) is 81.7 Å². The first-order valence-electron chi connectivity index (χ1n) is 8.30. The van der Waals surface area contributed by atoms with E-state index in [9.17, 15) is 13.6 Å². The summed E-state index contributed by atoms with van der Waals surface area (Å²) >= 11 is 11.8. The van der Waals surface area contributed by atoms with Gasteiger partial charge in [-0.3, -0.25) is 4.79 Å². The zero-order chi connectivity index (χ0) is 21.9. The molecule has 0 aliphatic carbocycles. The smallest absolute Gasteiger partial charge is 0.379 e. The first-order valence-corrected chi connectivity index (χ1v) is 10.2. The summed E-state index contributed by atoms with van der Waals surface area (Å²) in [5.41, 5.74) is -1.83. The molecule has 168 valence electrons. The van der Waals surface area contributed by atoms with Crippen molar-refractivity contribution in [1.82, 2.24) is 0 Å². The number of hydrogen-bond donors (Lipinski definition) is 3. The Morgan fingerprint density at radius 1 is 1.10 bits per heavy atom. The van der Waals surface area contributed by atoms with Crippen molar-refractivity contribution in [2.75, 3.05) is 43.7 Å². The molecule has 1 aliphatic rings. The van der Waals surface area contributed by atoms with Crippen molar-refractivity contribution in [3.8, 4) is 0 Å². The van der Waals surface area contributed by atoms with Gasteiger partial charge in [0.1, 0.15) is 37.4 Å². The van der Waals surface area contributed by atoms with Crippen LogP contribution in [0.25, 0.3) is 0 Å². The third kappa shape index (κ3) is 9.32. The lowest BCUT2D eigenvalue weighted by molar-refractivity contribution is -0.394. The van der Waals surface area contributed by atoms with Crippen molar-refractivity contribution in [2.45, 2.75) is 24.2 Å². The van der Waals surface area contributed by atoms with Crippen molar-refractivity contribution in [1.29, 1.82) is 0 Å². The van der Waals surface area contributed by atoms with Gasteiger partial charge in [-0.25, -0.2) is 0 Å². The first kappa shape index (κ1) is 26.3. The molecule has 2 unspecified atom stereocenters. The van der Waals surface area contributed by atoms with Gasteiger partial charge in [-0.05, 0) is 0 Å². The molecule has 0 spiro atoms. The highest BCUT2D eigenvalue weighted by atomic mass is 32.1. The van der Waals surface area contributed by atoms with Gasteiger partial charge in [0.05, 0.1) is 24.5 Å². The van der Waals surface area contributed by atoms with E-state index in [0.717, 1.165) is 0 Å². The van der Waals surface area contributed by atoms with E-state index in [2.05, 4.69) is 51.0 Å². The Labute approximate surface area is 183 Å². The van der Waals surface area contributed by atoms with E-state index in [0.29, 0.717) is 0 Å². The van der Waals surface area contributed by atoms with Gasteiger partial charge in [0.25, 0.3) is 0 Å². The molecule has 0 bridgehead atoms. The van der Waals surface area contributed by atoms with Crippen molar-refractivity contribution < 1.29 is 47.3 Å². The average molecular weight is 479 g/mol. The summed E-state index contributed by atoms with van der Waals surface area (Å²) in [5.74, 6) is 0.0298. The molecule has 1 fully saturated rings. The first-order chi connectivity index (χ1) is 13.7. The Bertz CT molecular complexity index is 566. The van der Waals surface area contributed by atoms with Gasteiger partial charge < -0.3 is 24.0 Å². The van der Waals surface area contributed by atoms with Crippen LogP contribution < -0.4 is 0 Å². The lowest BCUT2D eigenvalue weighted by Crippen LogP contribution is -2.55. The molecule has 0 amide bonds. The molecule has 1 aliphatic heterocycles. The van der Waals surface area contributed by atoms with Crippen LogP contribution in [0.2, 0.25) is 0 Å². The average Bonchev–Trinajstić information content (AvgIpc) is 2.80. The molecule has 0 N–H and O–H groups in total. The van der Waals surface area contributed by atoms with Crippen LogP contribution in [0.1, 0.15) is 6.42 Å². The highest BCUT2D eigenvalue weighted by Gasteiger charge is 2.53. The fourth-order valence-electron chi connectivity index (χ4n) is 1.95. The third-order valence-corrected chi connectivity index (χ3v) is 4.31. The van der Waals surface area contributed by atoms with E-state index in [4.69, 9.17) is 33.8 Å². The SMILES string of the molecule is C=C(CS)OOCC1OC(F)(F)COCC1(COC(=O)CCS)OOC(=C)CS. The van der Waals surface area contributed by atoms with Gasteiger partial charge in [-0.1, -0.05) is 13.2 Å². The molecule has 13 heteroatoms. The van der Waals surface area contributed by atoms with E-state index in [1.807, 2.05) is 0 Å². The Hall–Kier alpha value is -0.700. The van der Waals surface area contributed by atoms with Crippen LogP contribution >= 0.6 is 37.9 Å². The zero-order valence-corrected chi connectivity index (χ0v) is 18.2. The Balaban J connectivity index is 3.06. The minimum absolute atomic E-state index is 0.00663. The quantitative estimate of drug-likeness (QED) is 0.122. The van der Waals surface area contributed by atoms with Gasteiger partial charge >= 0.3 is 12.1 Å². The van der Waals surface area contributed by atoms with Crippen LogP contribution in [-0.4, -0.2) is 67.5 Å². The largest absolute Gasteiger partial charge is 0.462 e. The molecule has 2 atom stereocenters. The number of halogens is 2. The second-order valence-electron chi connectivity index (χ2n) is 5.86. The molecular formula is C16H24F2O8S3. The lowest BCUT2D eigenvalue weighted by Gasteiger charge is -2.35. The summed E-state index contributed by atoms with van der Waals surface area (Å²) < 4.78 is 42.9. The van der Waals surface area contributed by atoms with Crippen molar-refractivity contribution in [2.24, 2.45) is 0 Å². The molecular weight excluding hydrogens is 454 g/mol. The molecule has 1 saturated heterocycles. The van der Waals surface area contributed by atoms with Crippen LogP contribution in [0.3, 0.4) is 0 Å². The number of carbonyl (C=O) groups is 1. The normalized spacial score (nSPS) is 23.7.